The fourth-order valence-corrected chi connectivity index (χ4v) is 2.60. The van der Waals surface area contributed by atoms with E-state index in [4.69, 9.17) is 0 Å². The minimum atomic E-state index is -3.39. The van der Waals surface area contributed by atoms with Gasteiger partial charge in [0.2, 0.25) is 10.0 Å². The molecule has 0 amide bonds. The van der Waals surface area contributed by atoms with Crippen LogP contribution in [0.5, 0.6) is 0 Å². The summed E-state index contributed by atoms with van der Waals surface area (Å²) in [4.78, 5) is 4.00. The number of rotatable bonds is 4. The van der Waals surface area contributed by atoms with E-state index < -0.39 is 15.3 Å². The zero-order chi connectivity index (χ0) is 14.8. The summed E-state index contributed by atoms with van der Waals surface area (Å²) < 4.78 is 27.6. The van der Waals surface area contributed by atoms with E-state index in [-0.39, 0.29) is 0 Å². The highest BCUT2D eigenvalue weighted by Crippen LogP contribution is 2.29. The number of halogens is 1. The lowest BCUT2D eigenvalue weighted by atomic mass is 10.1. The molecule has 0 atom stereocenters. The zero-order valence-electron chi connectivity index (χ0n) is 11.2. The van der Waals surface area contributed by atoms with Gasteiger partial charge in [-0.1, -0.05) is 28.1 Å². The van der Waals surface area contributed by atoms with Gasteiger partial charge in [-0.3, -0.25) is 9.71 Å². The summed E-state index contributed by atoms with van der Waals surface area (Å²) in [7, 11) is -3.39. The van der Waals surface area contributed by atoms with Gasteiger partial charge in [-0.2, -0.15) is 0 Å². The van der Waals surface area contributed by atoms with Gasteiger partial charge in [0.1, 0.15) is 0 Å². The first kappa shape index (κ1) is 15.0. The lowest BCUT2D eigenvalue weighted by Crippen LogP contribution is -2.22. The van der Waals surface area contributed by atoms with Crippen molar-refractivity contribution >= 4 is 31.6 Å². The molecule has 4 nitrogen and oxygen atoms in total. The van der Waals surface area contributed by atoms with E-state index in [0.717, 1.165) is 15.6 Å². The Hall–Kier alpha value is -1.40. The molecule has 0 spiro atoms. The fraction of sp³-hybridized carbons (Fsp3) is 0.214. The Labute approximate surface area is 127 Å². The molecule has 20 heavy (non-hydrogen) atoms. The quantitative estimate of drug-likeness (QED) is 0.911. The van der Waals surface area contributed by atoms with Crippen LogP contribution in [0.2, 0.25) is 0 Å². The predicted octanol–water partition coefficient (Wildman–Crippen LogP) is 3.66. The molecule has 106 valence electrons. The van der Waals surface area contributed by atoms with Gasteiger partial charge in [-0.05, 0) is 37.6 Å². The fourth-order valence-electron chi connectivity index (χ4n) is 1.63. The highest BCUT2D eigenvalue weighted by atomic mass is 79.9. The molecule has 0 aliphatic rings. The van der Waals surface area contributed by atoms with Gasteiger partial charge in [0.25, 0.3) is 0 Å². The molecule has 0 bridgehead atoms. The maximum absolute atomic E-state index is 12.0. The van der Waals surface area contributed by atoms with Crippen molar-refractivity contribution in [3.05, 3.63) is 47.2 Å². The van der Waals surface area contributed by atoms with Crippen molar-refractivity contribution in [2.24, 2.45) is 0 Å². The molecule has 1 heterocycles. The minimum absolute atomic E-state index is 0.489. The van der Waals surface area contributed by atoms with E-state index in [0.29, 0.717) is 5.69 Å². The van der Waals surface area contributed by atoms with Crippen molar-refractivity contribution < 1.29 is 8.42 Å². The molecule has 0 radical (unpaired) electrons. The molecule has 1 aromatic carbocycles. The van der Waals surface area contributed by atoms with E-state index in [9.17, 15) is 8.42 Å². The number of nitrogens with zero attached hydrogens (tertiary/aromatic N) is 1. The lowest BCUT2D eigenvalue weighted by Gasteiger charge is -2.14. The van der Waals surface area contributed by atoms with Gasteiger partial charge >= 0.3 is 0 Å². The van der Waals surface area contributed by atoms with Crippen LogP contribution in [0, 0.1) is 0 Å². The average Bonchev–Trinajstić information content (AvgIpc) is 2.40. The summed E-state index contributed by atoms with van der Waals surface area (Å²) >= 11 is 3.38. The molecular weight excluding hydrogens is 340 g/mol. The van der Waals surface area contributed by atoms with Gasteiger partial charge in [0.05, 0.1) is 17.1 Å². The van der Waals surface area contributed by atoms with Crippen LogP contribution in [0.1, 0.15) is 13.8 Å². The molecule has 0 fully saturated rings. The lowest BCUT2D eigenvalue weighted by molar-refractivity contribution is 0.593. The Balaban J connectivity index is 2.44. The van der Waals surface area contributed by atoms with Crippen LogP contribution in [0.25, 0.3) is 11.1 Å². The number of pyridine rings is 1. The second kappa shape index (κ2) is 5.93. The molecule has 0 saturated carbocycles. The number of anilines is 1. The van der Waals surface area contributed by atoms with Crippen molar-refractivity contribution in [1.82, 2.24) is 4.98 Å². The van der Waals surface area contributed by atoms with Crippen LogP contribution >= 0.6 is 15.9 Å². The van der Waals surface area contributed by atoms with Crippen molar-refractivity contribution in [1.29, 1.82) is 0 Å². The number of benzene rings is 1. The smallest absolute Gasteiger partial charge is 0.235 e. The third-order valence-corrected chi connectivity index (χ3v) is 5.12. The number of hydrogen-bond donors (Lipinski definition) is 1. The van der Waals surface area contributed by atoms with E-state index in [1.165, 1.54) is 6.20 Å². The summed E-state index contributed by atoms with van der Waals surface area (Å²) in [5, 5.41) is -0.500. The molecule has 0 aliphatic carbocycles. The summed E-state index contributed by atoms with van der Waals surface area (Å²) in [5.41, 5.74) is 2.22. The van der Waals surface area contributed by atoms with Gasteiger partial charge in [0, 0.05) is 16.2 Å². The highest BCUT2D eigenvalue weighted by molar-refractivity contribution is 9.10. The molecule has 1 N–H and O–H groups in total. The normalized spacial score (nSPS) is 11.6. The van der Waals surface area contributed by atoms with Crippen LogP contribution < -0.4 is 4.72 Å². The van der Waals surface area contributed by atoms with Gasteiger partial charge in [-0.15, -0.1) is 0 Å². The first-order valence-electron chi connectivity index (χ1n) is 6.12. The minimum Gasteiger partial charge on any atom is -0.281 e. The summed E-state index contributed by atoms with van der Waals surface area (Å²) in [5.74, 6) is 0. The first-order chi connectivity index (χ1) is 9.40. The molecule has 6 heteroatoms. The largest absolute Gasteiger partial charge is 0.281 e. The van der Waals surface area contributed by atoms with Crippen molar-refractivity contribution in [3.63, 3.8) is 0 Å². The van der Waals surface area contributed by atoms with E-state index in [1.807, 2.05) is 24.3 Å². The van der Waals surface area contributed by atoms with Gasteiger partial charge < -0.3 is 0 Å². The number of aromatic nitrogens is 1. The maximum atomic E-state index is 12.0. The SMILES string of the molecule is CC(C)S(=O)(=O)Nc1cnccc1-c1ccc(Br)cc1. The second-order valence-electron chi connectivity index (χ2n) is 4.62. The third-order valence-electron chi connectivity index (χ3n) is 2.85. The highest BCUT2D eigenvalue weighted by Gasteiger charge is 2.17. The molecule has 0 saturated heterocycles. The molecule has 2 aromatic rings. The Morgan fingerprint density at radius 1 is 1.15 bits per heavy atom. The Bertz CT molecular complexity index is 697. The summed E-state index contributed by atoms with van der Waals surface area (Å²) in [6, 6.07) is 9.47. The number of nitrogens with one attached hydrogen (secondary N) is 1. The molecule has 0 unspecified atom stereocenters. The van der Waals surface area contributed by atoms with Crippen LogP contribution in [0.4, 0.5) is 5.69 Å². The van der Waals surface area contributed by atoms with Crippen molar-refractivity contribution in [2.75, 3.05) is 4.72 Å². The van der Waals surface area contributed by atoms with Crippen molar-refractivity contribution in [2.45, 2.75) is 19.1 Å². The summed E-state index contributed by atoms with van der Waals surface area (Å²) in [6.45, 7) is 3.27. The monoisotopic (exact) mass is 354 g/mol. The van der Waals surface area contributed by atoms with E-state index >= 15 is 0 Å². The predicted molar refractivity (Wildman–Crippen MR) is 85.1 cm³/mol. The van der Waals surface area contributed by atoms with Gasteiger partial charge in [-0.25, -0.2) is 8.42 Å². The standard InChI is InChI=1S/C14H15BrN2O2S/c1-10(2)20(18,19)17-14-9-16-8-7-13(14)11-3-5-12(15)6-4-11/h3-10,17H,1-2H3. The van der Waals surface area contributed by atoms with Crippen LogP contribution in [-0.4, -0.2) is 18.7 Å². The third kappa shape index (κ3) is 3.37. The number of sulfonamides is 1. The molecule has 2 rings (SSSR count). The number of hydrogen-bond acceptors (Lipinski definition) is 3. The molecular formula is C14H15BrN2O2S. The molecule has 1 aromatic heterocycles. The van der Waals surface area contributed by atoms with Crippen molar-refractivity contribution in [3.8, 4) is 11.1 Å². The average molecular weight is 355 g/mol. The zero-order valence-corrected chi connectivity index (χ0v) is 13.6. The first-order valence-corrected chi connectivity index (χ1v) is 8.45. The van der Waals surface area contributed by atoms with Crippen LogP contribution in [0.3, 0.4) is 0 Å². The second-order valence-corrected chi connectivity index (χ2v) is 7.78. The van der Waals surface area contributed by atoms with Gasteiger partial charge in [0.15, 0.2) is 0 Å². The van der Waals surface area contributed by atoms with Crippen LogP contribution in [0.15, 0.2) is 47.2 Å². The summed E-state index contributed by atoms with van der Waals surface area (Å²) in [6.07, 6.45) is 3.17. The Kier molecular flexibility index (Phi) is 4.45. The van der Waals surface area contributed by atoms with E-state index in [1.54, 1.807) is 26.1 Å². The van der Waals surface area contributed by atoms with Crippen LogP contribution in [-0.2, 0) is 10.0 Å². The van der Waals surface area contributed by atoms with E-state index in [2.05, 4.69) is 25.6 Å². The Morgan fingerprint density at radius 2 is 1.80 bits per heavy atom. The molecule has 0 aliphatic heterocycles. The maximum Gasteiger partial charge on any atom is 0.235 e. The topological polar surface area (TPSA) is 59.1 Å². The Morgan fingerprint density at radius 3 is 2.40 bits per heavy atom.